The summed E-state index contributed by atoms with van der Waals surface area (Å²) in [5.41, 5.74) is 8.20. The van der Waals surface area contributed by atoms with E-state index in [1.54, 1.807) is 6.33 Å². The third kappa shape index (κ3) is 2.78. The van der Waals surface area contributed by atoms with Crippen LogP contribution in [0.15, 0.2) is 42.9 Å². The Morgan fingerprint density at radius 3 is 2.61 bits per heavy atom. The maximum absolute atomic E-state index is 6.27. The van der Waals surface area contributed by atoms with Crippen LogP contribution in [-0.4, -0.2) is 16.2 Å². The fraction of sp³-hybridized carbons (Fsp3) is 0.357. The van der Waals surface area contributed by atoms with Crippen molar-refractivity contribution in [3.05, 3.63) is 54.1 Å². The highest BCUT2D eigenvalue weighted by Gasteiger charge is 2.23. The monoisotopic (exact) mass is 245 g/mol. The molecule has 1 heterocycles. The number of rotatable bonds is 5. The van der Waals surface area contributed by atoms with Crippen molar-refractivity contribution in [2.75, 3.05) is 6.61 Å². The summed E-state index contributed by atoms with van der Waals surface area (Å²) in [7, 11) is 1.93. The number of ether oxygens (including phenoxy) is 1. The maximum Gasteiger partial charge on any atom is 0.103 e. The Bertz CT molecular complexity index is 481. The van der Waals surface area contributed by atoms with Gasteiger partial charge in [-0.3, -0.25) is 0 Å². The molecule has 2 aromatic rings. The molecule has 2 atom stereocenters. The first-order chi connectivity index (χ1) is 8.72. The first-order valence-electron chi connectivity index (χ1n) is 6.12. The minimum absolute atomic E-state index is 0.161. The number of nitrogens with zero attached hydrogens (tertiary/aromatic N) is 2. The minimum Gasteiger partial charge on any atom is -0.372 e. The van der Waals surface area contributed by atoms with Crippen LogP contribution in [0.25, 0.3) is 0 Å². The third-order valence-electron chi connectivity index (χ3n) is 2.87. The number of benzene rings is 1. The predicted octanol–water partition coefficient (Wildman–Crippen LogP) is 2.20. The van der Waals surface area contributed by atoms with E-state index in [0.717, 1.165) is 11.3 Å². The lowest BCUT2D eigenvalue weighted by molar-refractivity contribution is 0.0420. The summed E-state index contributed by atoms with van der Waals surface area (Å²) in [6.45, 7) is 2.60. The third-order valence-corrected chi connectivity index (χ3v) is 2.87. The number of aromatic nitrogens is 2. The van der Waals surface area contributed by atoms with Gasteiger partial charge in [-0.25, -0.2) is 4.98 Å². The number of aryl methyl sites for hydroxylation is 1. The van der Waals surface area contributed by atoms with Crippen LogP contribution in [0.2, 0.25) is 0 Å². The summed E-state index contributed by atoms with van der Waals surface area (Å²) < 4.78 is 7.67. The topological polar surface area (TPSA) is 53.1 Å². The maximum atomic E-state index is 6.27. The Labute approximate surface area is 107 Å². The van der Waals surface area contributed by atoms with E-state index >= 15 is 0 Å². The summed E-state index contributed by atoms with van der Waals surface area (Å²) in [4.78, 5) is 4.30. The summed E-state index contributed by atoms with van der Waals surface area (Å²) in [6.07, 6.45) is 3.52. The molecule has 4 nitrogen and oxygen atoms in total. The average Bonchev–Trinajstić information content (AvgIpc) is 2.83. The van der Waals surface area contributed by atoms with Gasteiger partial charge in [0.2, 0.25) is 0 Å². The van der Waals surface area contributed by atoms with Gasteiger partial charge in [-0.15, -0.1) is 0 Å². The molecule has 2 N–H and O–H groups in total. The van der Waals surface area contributed by atoms with E-state index in [-0.39, 0.29) is 12.1 Å². The molecule has 0 bridgehead atoms. The Morgan fingerprint density at radius 1 is 1.33 bits per heavy atom. The van der Waals surface area contributed by atoms with Crippen LogP contribution in [0.4, 0.5) is 0 Å². The lowest BCUT2D eigenvalue weighted by atomic mass is 10.0. The highest BCUT2D eigenvalue weighted by atomic mass is 16.5. The van der Waals surface area contributed by atoms with Gasteiger partial charge >= 0.3 is 0 Å². The van der Waals surface area contributed by atoms with Crippen LogP contribution in [0.5, 0.6) is 0 Å². The minimum atomic E-state index is -0.256. The van der Waals surface area contributed by atoms with Gasteiger partial charge < -0.3 is 15.0 Å². The van der Waals surface area contributed by atoms with E-state index in [1.165, 1.54) is 0 Å². The Balaban J connectivity index is 2.25. The molecule has 1 aromatic heterocycles. The van der Waals surface area contributed by atoms with Gasteiger partial charge in [-0.05, 0) is 12.5 Å². The molecule has 2 unspecified atom stereocenters. The van der Waals surface area contributed by atoms with E-state index in [2.05, 4.69) is 4.98 Å². The van der Waals surface area contributed by atoms with Crippen molar-refractivity contribution >= 4 is 0 Å². The van der Waals surface area contributed by atoms with Gasteiger partial charge in [0, 0.05) is 19.9 Å². The summed E-state index contributed by atoms with van der Waals surface area (Å²) in [5.74, 6) is 0. The number of nitrogens with two attached hydrogens (primary N) is 1. The molecule has 18 heavy (non-hydrogen) atoms. The van der Waals surface area contributed by atoms with Crippen molar-refractivity contribution in [2.45, 2.75) is 19.1 Å². The summed E-state index contributed by atoms with van der Waals surface area (Å²) in [5, 5.41) is 0. The lowest BCUT2D eigenvalue weighted by Gasteiger charge is -2.23. The molecule has 0 aliphatic rings. The van der Waals surface area contributed by atoms with Crippen molar-refractivity contribution < 1.29 is 4.74 Å². The highest BCUT2D eigenvalue weighted by Crippen LogP contribution is 2.29. The average molecular weight is 245 g/mol. The molecule has 0 saturated carbocycles. The number of hydrogen-bond donors (Lipinski definition) is 1. The second-order valence-electron chi connectivity index (χ2n) is 4.28. The Morgan fingerprint density at radius 2 is 2.06 bits per heavy atom. The van der Waals surface area contributed by atoms with Crippen molar-refractivity contribution in [1.29, 1.82) is 0 Å². The molecule has 96 valence electrons. The predicted molar refractivity (Wildman–Crippen MR) is 70.9 cm³/mol. The fourth-order valence-electron chi connectivity index (χ4n) is 1.99. The van der Waals surface area contributed by atoms with Gasteiger partial charge in [-0.1, -0.05) is 30.3 Å². The largest absolute Gasteiger partial charge is 0.372 e. The van der Waals surface area contributed by atoms with E-state index < -0.39 is 0 Å². The van der Waals surface area contributed by atoms with Crippen LogP contribution in [0.1, 0.15) is 30.3 Å². The van der Waals surface area contributed by atoms with Crippen molar-refractivity contribution in [2.24, 2.45) is 12.8 Å². The standard InChI is InChI=1S/C14H19N3O/c1-3-18-14(11-7-5-4-6-8-11)13(15)12-9-17(2)10-16-12/h4-10,13-14H,3,15H2,1-2H3. The Kier molecular flexibility index (Phi) is 4.12. The highest BCUT2D eigenvalue weighted by molar-refractivity contribution is 5.21. The van der Waals surface area contributed by atoms with E-state index in [0.29, 0.717) is 6.61 Å². The molecule has 0 aliphatic carbocycles. The lowest BCUT2D eigenvalue weighted by Crippen LogP contribution is -2.22. The molecule has 0 amide bonds. The van der Waals surface area contributed by atoms with Gasteiger partial charge in [0.05, 0.1) is 18.1 Å². The van der Waals surface area contributed by atoms with Gasteiger partial charge in [-0.2, -0.15) is 0 Å². The van der Waals surface area contributed by atoms with E-state index in [9.17, 15) is 0 Å². The first kappa shape index (κ1) is 12.8. The molecule has 0 spiro atoms. The SMILES string of the molecule is CCOC(c1ccccc1)C(N)c1cn(C)cn1. The number of imidazole rings is 1. The van der Waals surface area contributed by atoms with Gasteiger partial charge in [0.15, 0.2) is 0 Å². The normalized spacial score (nSPS) is 14.4. The summed E-state index contributed by atoms with van der Waals surface area (Å²) in [6, 6.07) is 9.78. The zero-order valence-corrected chi connectivity index (χ0v) is 10.8. The van der Waals surface area contributed by atoms with Crippen LogP contribution < -0.4 is 5.73 Å². The van der Waals surface area contributed by atoms with Crippen LogP contribution in [-0.2, 0) is 11.8 Å². The van der Waals surface area contributed by atoms with Crippen molar-refractivity contribution in [3.63, 3.8) is 0 Å². The summed E-state index contributed by atoms with van der Waals surface area (Å²) >= 11 is 0. The molecule has 0 saturated heterocycles. The molecule has 2 rings (SSSR count). The van der Waals surface area contributed by atoms with Crippen LogP contribution >= 0.6 is 0 Å². The first-order valence-corrected chi connectivity index (χ1v) is 6.12. The smallest absolute Gasteiger partial charge is 0.103 e. The second-order valence-corrected chi connectivity index (χ2v) is 4.28. The molecular formula is C14H19N3O. The molecule has 0 radical (unpaired) electrons. The molecule has 0 fully saturated rings. The van der Waals surface area contributed by atoms with E-state index in [4.69, 9.17) is 10.5 Å². The van der Waals surface area contributed by atoms with Crippen molar-refractivity contribution in [3.8, 4) is 0 Å². The van der Waals surface area contributed by atoms with Crippen LogP contribution in [0, 0.1) is 0 Å². The van der Waals surface area contributed by atoms with E-state index in [1.807, 2.05) is 55.1 Å². The second kappa shape index (κ2) is 5.80. The zero-order valence-electron chi connectivity index (χ0n) is 10.8. The molecule has 0 aliphatic heterocycles. The molecular weight excluding hydrogens is 226 g/mol. The zero-order chi connectivity index (χ0) is 13.0. The molecule has 1 aromatic carbocycles. The van der Waals surface area contributed by atoms with Gasteiger partial charge in [0.1, 0.15) is 6.10 Å². The number of hydrogen-bond acceptors (Lipinski definition) is 3. The van der Waals surface area contributed by atoms with Gasteiger partial charge in [0.25, 0.3) is 0 Å². The fourth-order valence-corrected chi connectivity index (χ4v) is 1.99. The van der Waals surface area contributed by atoms with Crippen LogP contribution in [0.3, 0.4) is 0 Å². The Hall–Kier alpha value is -1.65. The van der Waals surface area contributed by atoms with Crippen molar-refractivity contribution in [1.82, 2.24) is 9.55 Å². The quantitative estimate of drug-likeness (QED) is 0.878. The molecule has 4 heteroatoms.